The molecule has 1 aromatic heterocycles. The van der Waals surface area contributed by atoms with Gasteiger partial charge in [0.05, 0.1) is 25.5 Å². The van der Waals surface area contributed by atoms with Crippen molar-refractivity contribution in [3.63, 3.8) is 0 Å². The van der Waals surface area contributed by atoms with Gasteiger partial charge in [0.2, 0.25) is 5.95 Å². The summed E-state index contributed by atoms with van der Waals surface area (Å²) in [5, 5.41) is 0. The number of methoxy groups -OCH3 is 2. The van der Waals surface area contributed by atoms with E-state index in [4.69, 9.17) is 9.47 Å². The highest BCUT2D eigenvalue weighted by atomic mass is 19.1. The molecule has 0 spiro atoms. The number of hydrogen-bond donors (Lipinski definition) is 0. The van der Waals surface area contributed by atoms with Crippen molar-refractivity contribution in [2.24, 2.45) is 5.92 Å². The van der Waals surface area contributed by atoms with Crippen molar-refractivity contribution >= 4 is 11.6 Å². The molecule has 0 radical (unpaired) electrons. The van der Waals surface area contributed by atoms with Gasteiger partial charge >= 0.3 is 0 Å². The first-order chi connectivity index (χ1) is 15.4. The molecule has 0 unspecified atom stereocenters. The van der Waals surface area contributed by atoms with E-state index in [2.05, 4.69) is 4.98 Å². The van der Waals surface area contributed by atoms with Crippen LogP contribution in [-0.4, -0.2) is 30.8 Å². The predicted molar refractivity (Wildman–Crippen MR) is 119 cm³/mol. The Balaban J connectivity index is 1.60. The van der Waals surface area contributed by atoms with E-state index in [0.717, 1.165) is 29.5 Å². The Hall–Kier alpha value is -3.54. The Bertz CT molecular complexity index is 1180. The summed E-state index contributed by atoms with van der Waals surface area (Å²) in [7, 11) is 3.07. The molecule has 0 aliphatic heterocycles. The zero-order valence-corrected chi connectivity index (χ0v) is 18.3. The summed E-state index contributed by atoms with van der Waals surface area (Å²) in [6, 6.07) is 13.8. The van der Waals surface area contributed by atoms with Gasteiger partial charge in [0.1, 0.15) is 11.5 Å². The second-order valence-corrected chi connectivity index (χ2v) is 8.02. The Kier molecular flexibility index (Phi) is 6.04. The zero-order chi connectivity index (χ0) is 22.8. The number of aromatic nitrogens is 1. The molecule has 1 saturated carbocycles. The fourth-order valence-electron chi connectivity index (χ4n) is 3.64. The Morgan fingerprint density at radius 3 is 2.28 bits per heavy atom. The number of hydrogen-bond acceptors (Lipinski definition) is 5. The molecule has 0 atom stereocenters. The number of Topliss-reactive ketones (excluding diaryl/α,β-unsaturated/α-hetero) is 2. The Morgan fingerprint density at radius 2 is 1.69 bits per heavy atom. The molecule has 3 aromatic rings. The van der Waals surface area contributed by atoms with Gasteiger partial charge in [-0.2, -0.15) is 4.39 Å². The number of ketones is 2. The number of carbonyl (C=O) groups is 2. The topological polar surface area (TPSA) is 65.5 Å². The summed E-state index contributed by atoms with van der Waals surface area (Å²) < 4.78 is 25.1. The van der Waals surface area contributed by atoms with Gasteiger partial charge in [0.25, 0.3) is 0 Å². The lowest BCUT2D eigenvalue weighted by Gasteiger charge is -2.11. The highest BCUT2D eigenvalue weighted by Gasteiger charge is 2.32. The average molecular weight is 433 g/mol. The van der Waals surface area contributed by atoms with E-state index in [1.54, 1.807) is 24.3 Å². The number of nitrogens with zero attached hydrogens (tertiary/aromatic N) is 1. The van der Waals surface area contributed by atoms with Crippen molar-refractivity contribution in [3.8, 4) is 22.8 Å². The van der Waals surface area contributed by atoms with Crippen LogP contribution in [0.5, 0.6) is 11.5 Å². The summed E-state index contributed by atoms with van der Waals surface area (Å²) in [5.41, 5.74) is 3.37. The molecule has 0 saturated heterocycles. The number of pyridine rings is 1. The van der Waals surface area contributed by atoms with Crippen molar-refractivity contribution < 1.29 is 23.5 Å². The molecule has 0 bridgehead atoms. The first kappa shape index (κ1) is 21.7. The molecule has 2 aromatic carbocycles. The minimum absolute atomic E-state index is 0.0483. The maximum atomic E-state index is 14.6. The van der Waals surface area contributed by atoms with Crippen LogP contribution in [0.15, 0.2) is 48.5 Å². The van der Waals surface area contributed by atoms with Gasteiger partial charge in [0, 0.05) is 29.5 Å². The quantitative estimate of drug-likeness (QED) is 0.359. The Morgan fingerprint density at radius 1 is 1.00 bits per heavy atom. The number of ether oxygens (including phenoxy) is 2. The van der Waals surface area contributed by atoms with Crippen LogP contribution in [0.1, 0.15) is 44.7 Å². The standard InChI is InChI=1S/C26H24FNO4/c1-15-4-5-16(11-24(29)18-12-19(31-2)14-20(13-18)32-3)10-22(15)23-9-8-21(26(27)28-23)25(30)17-6-7-17/h4-5,8-10,12-14,17H,6-7,11H2,1-3H3. The minimum Gasteiger partial charge on any atom is -0.497 e. The summed E-state index contributed by atoms with van der Waals surface area (Å²) in [4.78, 5) is 29.2. The van der Waals surface area contributed by atoms with Gasteiger partial charge in [-0.3, -0.25) is 9.59 Å². The fraction of sp³-hybridized carbons (Fsp3) is 0.269. The third kappa shape index (κ3) is 4.54. The second-order valence-electron chi connectivity index (χ2n) is 8.02. The van der Waals surface area contributed by atoms with E-state index in [1.807, 2.05) is 25.1 Å². The molecule has 6 heteroatoms. The van der Waals surface area contributed by atoms with Gasteiger partial charge in [-0.05, 0) is 61.2 Å². The van der Waals surface area contributed by atoms with Crippen molar-refractivity contribution in [3.05, 3.63) is 76.7 Å². The van der Waals surface area contributed by atoms with Crippen molar-refractivity contribution in [1.29, 1.82) is 0 Å². The summed E-state index contributed by atoms with van der Waals surface area (Å²) >= 11 is 0. The molecular weight excluding hydrogens is 409 g/mol. The zero-order valence-electron chi connectivity index (χ0n) is 18.3. The lowest BCUT2D eigenvalue weighted by molar-refractivity contribution is 0.0960. The third-order valence-corrected chi connectivity index (χ3v) is 5.68. The maximum Gasteiger partial charge on any atom is 0.224 e. The van der Waals surface area contributed by atoms with Gasteiger partial charge in [-0.1, -0.05) is 12.1 Å². The molecule has 1 aliphatic rings. The minimum atomic E-state index is -0.747. The van der Waals surface area contributed by atoms with Crippen LogP contribution in [0.2, 0.25) is 0 Å². The predicted octanol–water partition coefficient (Wildman–Crippen LogP) is 5.23. The molecule has 5 nitrogen and oxygen atoms in total. The fourth-order valence-corrected chi connectivity index (χ4v) is 3.64. The summed E-state index contributed by atoms with van der Waals surface area (Å²) in [6.45, 7) is 1.90. The van der Waals surface area contributed by atoms with Gasteiger partial charge in [-0.15, -0.1) is 0 Å². The van der Waals surface area contributed by atoms with E-state index >= 15 is 0 Å². The van der Waals surface area contributed by atoms with E-state index in [9.17, 15) is 14.0 Å². The van der Waals surface area contributed by atoms with Gasteiger partial charge < -0.3 is 9.47 Å². The van der Waals surface area contributed by atoms with Gasteiger partial charge in [0.15, 0.2) is 11.6 Å². The monoisotopic (exact) mass is 433 g/mol. The first-order valence-electron chi connectivity index (χ1n) is 10.5. The van der Waals surface area contributed by atoms with Crippen LogP contribution in [0.3, 0.4) is 0 Å². The number of halogens is 1. The van der Waals surface area contributed by atoms with Crippen LogP contribution in [0.25, 0.3) is 11.3 Å². The lowest BCUT2D eigenvalue weighted by atomic mass is 9.96. The first-order valence-corrected chi connectivity index (χ1v) is 10.5. The molecular formula is C26H24FNO4. The SMILES string of the molecule is COc1cc(OC)cc(C(=O)Cc2ccc(C)c(-c3ccc(C(=O)C4CC4)c(F)n3)c2)c1. The normalized spacial score (nSPS) is 13.0. The van der Waals surface area contributed by atoms with Crippen LogP contribution < -0.4 is 9.47 Å². The molecule has 32 heavy (non-hydrogen) atoms. The molecule has 4 rings (SSSR count). The summed E-state index contributed by atoms with van der Waals surface area (Å²) in [5.74, 6) is -0.00400. The van der Waals surface area contributed by atoms with Gasteiger partial charge in [-0.25, -0.2) is 4.98 Å². The smallest absolute Gasteiger partial charge is 0.224 e. The maximum absolute atomic E-state index is 14.6. The van der Waals surface area contributed by atoms with E-state index in [0.29, 0.717) is 22.8 Å². The van der Waals surface area contributed by atoms with Crippen LogP contribution in [0, 0.1) is 18.8 Å². The van der Waals surface area contributed by atoms with E-state index in [1.165, 1.54) is 20.3 Å². The van der Waals surface area contributed by atoms with E-state index < -0.39 is 5.95 Å². The molecule has 164 valence electrons. The Labute approximate surface area is 186 Å². The summed E-state index contributed by atoms with van der Waals surface area (Å²) in [6.07, 6.45) is 1.78. The van der Waals surface area contributed by atoms with Crippen molar-refractivity contribution in [2.75, 3.05) is 14.2 Å². The van der Waals surface area contributed by atoms with Crippen LogP contribution >= 0.6 is 0 Å². The molecule has 0 N–H and O–H groups in total. The van der Waals surface area contributed by atoms with E-state index in [-0.39, 0.29) is 29.5 Å². The molecule has 0 amide bonds. The lowest BCUT2D eigenvalue weighted by Crippen LogP contribution is -2.07. The number of carbonyl (C=O) groups excluding carboxylic acids is 2. The van der Waals surface area contributed by atoms with Crippen LogP contribution in [0.4, 0.5) is 4.39 Å². The molecule has 1 fully saturated rings. The number of rotatable bonds is 8. The molecule has 1 aliphatic carbocycles. The van der Waals surface area contributed by atoms with Crippen molar-refractivity contribution in [2.45, 2.75) is 26.2 Å². The van der Waals surface area contributed by atoms with Crippen molar-refractivity contribution in [1.82, 2.24) is 4.98 Å². The highest BCUT2D eigenvalue weighted by molar-refractivity contribution is 5.99. The van der Waals surface area contributed by atoms with Crippen LogP contribution in [-0.2, 0) is 6.42 Å². The number of benzene rings is 2. The highest BCUT2D eigenvalue weighted by Crippen LogP contribution is 2.34. The third-order valence-electron chi connectivity index (χ3n) is 5.68. The average Bonchev–Trinajstić information content (AvgIpc) is 3.65. The molecule has 1 heterocycles. The second kappa shape index (κ2) is 8.91. The number of aryl methyl sites for hydroxylation is 1. The largest absolute Gasteiger partial charge is 0.497 e.